The number of aryl methyl sites for hydroxylation is 3. The molecule has 0 aliphatic rings. The van der Waals surface area contributed by atoms with Crippen LogP contribution >= 0.6 is 0 Å². The second-order valence-corrected chi connectivity index (χ2v) is 7.01. The Balaban J connectivity index is 1.73. The molecule has 0 atom stereocenters. The molecule has 0 radical (unpaired) electrons. The maximum Gasteiger partial charge on any atom is 0.272 e. The van der Waals surface area contributed by atoms with Crippen molar-refractivity contribution in [2.24, 2.45) is 5.10 Å². The second kappa shape index (κ2) is 7.90. The number of fused-ring (bicyclic) bond motifs is 1. The van der Waals surface area contributed by atoms with Crippen molar-refractivity contribution in [2.45, 2.75) is 34.2 Å². The smallest absolute Gasteiger partial charge is 0.267 e. The van der Waals surface area contributed by atoms with Crippen LogP contribution in [-0.2, 0) is 6.54 Å². The minimum Gasteiger partial charge on any atom is -0.267 e. The number of nitrogens with one attached hydrogen (secondary N) is 1. The lowest BCUT2D eigenvalue weighted by Gasteiger charge is -2.07. The van der Waals surface area contributed by atoms with Crippen LogP contribution in [-0.4, -0.2) is 36.2 Å². The number of hydrazone groups is 1. The van der Waals surface area contributed by atoms with Gasteiger partial charge in [-0.05, 0) is 52.0 Å². The van der Waals surface area contributed by atoms with Gasteiger partial charge in [-0.25, -0.2) is 15.1 Å². The Bertz CT molecular complexity index is 1250. The number of pyridine rings is 1. The molecule has 0 aliphatic heterocycles. The van der Waals surface area contributed by atoms with Gasteiger partial charge in [-0.1, -0.05) is 18.2 Å². The molecule has 1 amide bonds. The maximum absolute atomic E-state index is 13.0. The Morgan fingerprint density at radius 2 is 1.93 bits per heavy atom. The normalized spacial score (nSPS) is 11.8. The van der Waals surface area contributed by atoms with E-state index in [1.54, 1.807) is 16.9 Å². The summed E-state index contributed by atoms with van der Waals surface area (Å²) < 4.78 is 3.59. The zero-order valence-electron chi connectivity index (χ0n) is 17.4. The number of carbonyl (C=O) groups is 1. The van der Waals surface area contributed by atoms with Crippen molar-refractivity contribution >= 4 is 22.7 Å². The summed E-state index contributed by atoms with van der Waals surface area (Å²) in [6.07, 6.45) is 1.72. The summed E-state index contributed by atoms with van der Waals surface area (Å²) in [5.41, 5.74) is 7.72. The van der Waals surface area contributed by atoms with Crippen LogP contribution in [0.25, 0.3) is 16.7 Å². The summed E-state index contributed by atoms with van der Waals surface area (Å²) in [5.74, 6) is -0.303. The highest BCUT2D eigenvalue weighted by Gasteiger charge is 2.19. The van der Waals surface area contributed by atoms with E-state index < -0.39 is 0 Å². The molecule has 3 heterocycles. The molecule has 0 saturated carbocycles. The van der Waals surface area contributed by atoms with Crippen molar-refractivity contribution in [1.82, 2.24) is 30.0 Å². The molecule has 3 aromatic heterocycles. The predicted molar refractivity (Wildman–Crippen MR) is 116 cm³/mol. The highest BCUT2D eigenvalue weighted by molar-refractivity contribution is 6.07. The molecule has 8 nitrogen and oxygen atoms in total. The van der Waals surface area contributed by atoms with E-state index in [0.29, 0.717) is 22.3 Å². The third kappa shape index (κ3) is 3.47. The van der Waals surface area contributed by atoms with Crippen LogP contribution in [0.5, 0.6) is 0 Å². The van der Waals surface area contributed by atoms with Crippen LogP contribution in [0.4, 0.5) is 0 Å². The molecule has 4 aromatic rings. The number of hydrogen-bond donors (Lipinski definition) is 1. The van der Waals surface area contributed by atoms with Gasteiger partial charge in [0, 0.05) is 18.4 Å². The Morgan fingerprint density at radius 3 is 2.67 bits per heavy atom. The largest absolute Gasteiger partial charge is 0.272 e. The van der Waals surface area contributed by atoms with Crippen LogP contribution < -0.4 is 5.43 Å². The summed E-state index contributed by atoms with van der Waals surface area (Å²) in [6.45, 7) is 8.32. The highest BCUT2D eigenvalue weighted by atomic mass is 16.2. The fourth-order valence-corrected chi connectivity index (χ4v) is 3.49. The molecule has 1 aromatic carbocycles. The van der Waals surface area contributed by atoms with Gasteiger partial charge in [0.05, 0.1) is 33.7 Å². The average Bonchev–Trinajstić information content (AvgIpc) is 3.36. The van der Waals surface area contributed by atoms with E-state index in [4.69, 9.17) is 0 Å². The van der Waals surface area contributed by atoms with Crippen LogP contribution in [0.1, 0.15) is 41.3 Å². The molecule has 0 bridgehead atoms. The van der Waals surface area contributed by atoms with E-state index in [1.807, 2.05) is 68.8 Å². The van der Waals surface area contributed by atoms with Crippen molar-refractivity contribution in [2.75, 3.05) is 0 Å². The van der Waals surface area contributed by atoms with Gasteiger partial charge in [-0.2, -0.15) is 15.3 Å². The van der Waals surface area contributed by atoms with E-state index in [1.165, 1.54) is 0 Å². The van der Waals surface area contributed by atoms with E-state index in [9.17, 15) is 4.79 Å². The SMILES string of the molecule is CCn1nccc1/C(C)=N/NC(=O)c1cc(C)nc2c1c(C)nn2-c1ccccc1. The highest BCUT2D eigenvalue weighted by Crippen LogP contribution is 2.24. The van der Waals surface area contributed by atoms with Gasteiger partial charge in [-0.3, -0.25) is 9.48 Å². The first-order valence-electron chi connectivity index (χ1n) is 9.78. The molecule has 4 rings (SSSR count). The maximum atomic E-state index is 13.0. The van der Waals surface area contributed by atoms with E-state index in [0.717, 1.165) is 29.3 Å². The van der Waals surface area contributed by atoms with Gasteiger partial charge in [0.1, 0.15) is 0 Å². The first-order chi connectivity index (χ1) is 14.5. The van der Waals surface area contributed by atoms with Gasteiger partial charge in [0.25, 0.3) is 5.91 Å². The molecule has 8 heteroatoms. The minimum absolute atomic E-state index is 0.303. The fourth-order valence-electron chi connectivity index (χ4n) is 3.49. The van der Waals surface area contributed by atoms with Gasteiger partial charge in [0.15, 0.2) is 5.65 Å². The predicted octanol–water partition coefficient (Wildman–Crippen LogP) is 3.41. The topological polar surface area (TPSA) is 90.0 Å². The fraction of sp³-hybridized carbons (Fsp3) is 0.227. The number of amides is 1. The van der Waals surface area contributed by atoms with Crippen molar-refractivity contribution in [1.29, 1.82) is 0 Å². The molecule has 30 heavy (non-hydrogen) atoms. The zero-order chi connectivity index (χ0) is 21.3. The van der Waals surface area contributed by atoms with Crippen molar-refractivity contribution in [3.8, 4) is 5.69 Å². The first-order valence-corrected chi connectivity index (χ1v) is 9.78. The van der Waals surface area contributed by atoms with Gasteiger partial charge >= 0.3 is 0 Å². The molecular weight excluding hydrogens is 378 g/mol. The standard InChI is InChI=1S/C22H23N7O/c1-5-28-19(11-12-23-28)15(3)25-26-22(30)18-13-14(2)24-21-20(18)16(4)27-29(21)17-9-7-6-8-10-17/h6-13H,5H2,1-4H3,(H,26,30)/b25-15+. The molecule has 0 unspecified atom stereocenters. The quantitative estimate of drug-likeness (QED) is 0.410. The number of rotatable bonds is 5. The number of para-hydroxylation sites is 1. The molecule has 0 saturated heterocycles. The van der Waals surface area contributed by atoms with Crippen LogP contribution in [0.3, 0.4) is 0 Å². The van der Waals surface area contributed by atoms with Gasteiger partial charge in [0.2, 0.25) is 0 Å². The Kier molecular flexibility index (Phi) is 5.14. The Hall–Kier alpha value is -3.81. The third-order valence-corrected chi connectivity index (χ3v) is 4.90. The lowest BCUT2D eigenvalue weighted by atomic mass is 10.1. The van der Waals surface area contributed by atoms with E-state index in [-0.39, 0.29) is 5.91 Å². The molecule has 0 fully saturated rings. The Labute approximate surface area is 174 Å². The molecule has 0 aliphatic carbocycles. The summed E-state index contributed by atoms with van der Waals surface area (Å²) in [7, 11) is 0. The first kappa shape index (κ1) is 19.5. The summed E-state index contributed by atoms with van der Waals surface area (Å²) >= 11 is 0. The number of nitrogens with zero attached hydrogens (tertiary/aromatic N) is 6. The number of carbonyl (C=O) groups excluding carboxylic acids is 1. The lowest BCUT2D eigenvalue weighted by Crippen LogP contribution is -2.21. The van der Waals surface area contributed by atoms with Crippen LogP contribution in [0.15, 0.2) is 53.8 Å². The van der Waals surface area contributed by atoms with Gasteiger partial charge in [-0.15, -0.1) is 0 Å². The van der Waals surface area contributed by atoms with E-state index >= 15 is 0 Å². The van der Waals surface area contributed by atoms with Crippen molar-refractivity contribution < 1.29 is 4.79 Å². The van der Waals surface area contributed by atoms with Crippen molar-refractivity contribution in [3.63, 3.8) is 0 Å². The van der Waals surface area contributed by atoms with E-state index in [2.05, 4.69) is 25.7 Å². The average molecular weight is 401 g/mol. The minimum atomic E-state index is -0.303. The Morgan fingerprint density at radius 1 is 1.17 bits per heavy atom. The number of aromatic nitrogens is 5. The third-order valence-electron chi connectivity index (χ3n) is 4.90. The molecule has 0 spiro atoms. The number of hydrogen-bond acceptors (Lipinski definition) is 5. The second-order valence-electron chi connectivity index (χ2n) is 7.01. The molecule has 152 valence electrons. The zero-order valence-corrected chi connectivity index (χ0v) is 17.4. The van der Waals surface area contributed by atoms with Crippen molar-refractivity contribution in [3.05, 3.63) is 71.3 Å². The molecular formula is C22H23N7O. The lowest BCUT2D eigenvalue weighted by molar-refractivity contribution is 0.0956. The number of benzene rings is 1. The van der Waals surface area contributed by atoms with Crippen LogP contribution in [0.2, 0.25) is 0 Å². The summed E-state index contributed by atoms with van der Waals surface area (Å²) in [6, 6.07) is 13.4. The monoisotopic (exact) mass is 401 g/mol. The summed E-state index contributed by atoms with van der Waals surface area (Å²) in [4.78, 5) is 17.7. The summed E-state index contributed by atoms with van der Waals surface area (Å²) in [5, 5.41) is 13.9. The molecule has 1 N–H and O–H groups in total. The van der Waals surface area contributed by atoms with Crippen LogP contribution in [0, 0.1) is 13.8 Å². The van der Waals surface area contributed by atoms with Gasteiger partial charge < -0.3 is 0 Å².